The van der Waals surface area contributed by atoms with Gasteiger partial charge in [0.15, 0.2) is 0 Å². The van der Waals surface area contributed by atoms with E-state index in [1.165, 1.54) is 17.5 Å². The van der Waals surface area contributed by atoms with Crippen LogP contribution in [0.5, 0.6) is 0 Å². The van der Waals surface area contributed by atoms with E-state index >= 15 is 0 Å². The fraction of sp³-hybridized carbons (Fsp3) is 0.647. The van der Waals surface area contributed by atoms with E-state index in [9.17, 15) is 8.42 Å². The van der Waals surface area contributed by atoms with Crippen molar-refractivity contribution in [2.24, 2.45) is 11.7 Å². The van der Waals surface area contributed by atoms with Gasteiger partial charge in [0.25, 0.3) is 0 Å². The zero-order chi connectivity index (χ0) is 15.7. The number of sulfonamides is 1. The van der Waals surface area contributed by atoms with Crippen LogP contribution in [0.3, 0.4) is 0 Å². The average Bonchev–Trinajstić information content (AvgIpc) is 2.54. The lowest BCUT2D eigenvalue weighted by atomic mass is 9.92. The number of aryl methyl sites for hydroxylation is 2. The van der Waals surface area contributed by atoms with Crippen molar-refractivity contribution in [2.75, 3.05) is 13.1 Å². The van der Waals surface area contributed by atoms with Crippen LogP contribution in [0.1, 0.15) is 43.7 Å². The van der Waals surface area contributed by atoms with Crippen LogP contribution in [-0.2, 0) is 22.9 Å². The molecule has 1 heterocycles. The average molecular weight is 322 g/mol. The van der Waals surface area contributed by atoms with E-state index < -0.39 is 10.0 Å². The summed E-state index contributed by atoms with van der Waals surface area (Å²) in [6.45, 7) is 3.19. The molecule has 0 spiro atoms. The fourth-order valence-corrected chi connectivity index (χ4v) is 5.18. The highest BCUT2D eigenvalue weighted by Gasteiger charge is 2.31. The van der Waals surface area contributed by atoms with E-state index in [-0.39, 0.29) is 6.04 Å². The first-order valence-corrected chi connectivity index (χ1v) is 9.80. The maximum atomic E-state index is 12.8. The molecule has 1 saturated heterocycles. The predicted molar refractivity (Wildman–Crippen MR) is 88.2 cm³/mol. The van der Waals surface area contributed by atoms with Gasteiger partial charge in [0, 0.05) is 19.1 Å². The topological polar surface area (TPSA) is 63.4 Å². The van der Waals surface area contributed by atoms with Gasteiger partial charge in [0.2, 0.25) is 10.0 Å². The molecule has 122 valence electrons. The van der Waals surface area contributed by atoms with E-state index in [0.717, 1.165) is 32.1 Å². The van der Waals surface area contributed by atoms with Gasteiger partial charge in [-0.25, -0.2) is 8.42 Å². The van der Waals surface area contributed by atoms with Crippen molar-refractivity contribution in [1.29, 1.82) is 0 Å². The lowest BCUT2D eigenvalue weighted by Crippen LogP contribution is -2.42. The fourth-order valence-electron chi connectivity index (χ4n) is 3.66. The number of rotatable bonds is 3. The summed E-state index contributed by atoms with van der Waals surface area (Å²) in [5, 5.41) is 0. The number of nitrogens with two attached hydrogens (primary N) is 1. The second kappa shape index (κ2) is 6.30. The second-order valence-electron chi connectivity index (χ2n) is 6.74. The third-order valence-electron chi connectivity index (χ3n) is 5.20. The van der Waals surface area contributed by atoms with Crippen molar-refractivity contribution in [3.8, 4) is 0 Å². The molecule has 0 saturated carbocycles. The van der Waals surface area contributed by atoms with Crippen LogP contribution < -0.4 is 5.73 Å². The Kier molecular flexibility index (Phi) is 4.57. The van der Waals surface area contributed by atoms with Crippen molar-refractivity contribution in [3.05, 3.63) is 29.3 Å². The van der Waals surface area contributed by atoms with Crippen molar-refractivity contribution in [3.63, 3.8) is 0 Å². The molecule has 2 N–H and O–H groups in total. The van der Waals surface area contributed by atoms with Gasteiger partial charge in [0.1, 0.15) is 0 Å². The molecule has 1 aromatic carbocycles. The molecule has 1 aliphatic heterocycles. The predicted octanol–water partition coefficient (Wildman–Crippen LogP) is 2.31. The second-order valence-corrected chi connectivity index (χ2v) is 8.68. The summed E-state index contributed by atoms with van der Waals surface area (Å²) >= 11 is 0. The Morgan fingerprint density at radius 1 is 1.14 bits per heavy atom. The SMILES string of the molecule is CC(N)C1CCN(S(=O)(=O)c2ccc3c(c2)CCCC3)CC1. The van der Waals surface area contributed by atoms with Gasteiger partial charge in [0.05, 0.1) is 4.90 Å². The van der Waals surface area contributed by atoms with Crippen molar-refractivity contribution in [2.45, 2.75) is 56.4 Å². The summed E-state index contributed by atoms with van der Waals surface area (Å²) < 4.78 is 27.3. The molecule has 1 unspecified atom stereocenters. The van der Waals surface area contributed by atoms with Gasteiger partial charge in [-0.2, -0.15) is 4.31 Å². The zero-order valence-electron chi connectivity index (χ0n) is 13.3. The van der Waals surface area contributed by atoms with Gasteiger partial charge in [-0.3, -0.25) is 0 Å². The molecule has 2 aliphatic rings. The molecule has 3 rings (SSSR count). The van der Waals surface area contributed by atoms with E-state index in [2.05, 4.69) is 0 Å². The lowest BCUT2D eigenvalue weighted by Gasteiger charge is -2.33. The molecular weight excluding hydrogens is 296 g/mol. The lowest BCUT2D eigenvalue weighted by molar-refractivity contribution is 0.250. The van der Waals surface area contributed by atoms with Crippen LogP contribution in [0.25, 0.3) is 0 Å². The van der Waals surface area contributed by atoms with E-state index in [0.29, 0.717) is 23.9 Å². The third-order valence-corrected chi connectivity index (χ3v) is 7.09. The highest BCUT2D eigenvalue weighted by atomic mass is 32.2. The third kappa shape index (κ3) is 3.07. The number of benzene rings is 1. The maximum absolute atomic E-state index is 12.8. The van der Waals surface area contributed by atoms with Crippen molar-refractivity contribution >= 4 is 10.0 Å². The number of piperidine rings is 1. The minimum Gasteiger partial charge on any atom is -0.328 e. The molecule has 1 fully saturated rings. The first-order valence-electron chi connectivity index (χ1n) is 8.36. The molecule has 0 radical (unpaired) electrons. The molecular formula is C17H26N2O2S. The highest BCUT2D eigenvalue weighted by Crippen LogP contribution is 2.28. The molecule has 0 aromatic heterocycles. The number of fused-ring (bicyclic) bond motifs is 1. The summed E-state index contributed by atoms with van der Waals surface area (Å²) in [5.74, 6) is 0.440. The monoisotopic (exact) mass is 322 g/mol. The molecule has 0 amide bonds. The van der Waals surface area contributed by atoms with Crippen LogP contribution in [0.4, 0.5) is 0 Å². The Hall–Kier alpha value is -0.910. The number of hydrogen-bond donors (Lipinski definition) is 1. The Bertz CT molecular complexity index is 632. The minimum absolute atomic E-state index is 0.147. The quantitative estimate of drug-likeness (QED) is 0.929. The largest absolute Gasteiger partial charge is 0.328 e. The highest BCUT2D eigenvalue weighted by molar-refractivity contribution is 7.89. The molecule has 1 atom stereocenters. The van der Waals surface area contributed by atoms with Gasteiger partial charge in [-0.15, -0.1) is 0 Å². The Morgan fingerprint density at radius 3 is 2.41 bits per heavy atom. The smallest absolute Gasteiger partial charge is 0.243 e. The molecule has 1 aromatic rings. The molecule has 5 heteroatoms. The van der Waals surface area contributed by atoms with Crippen molar-refractivity contribution in [1.82, 2.24) is 4.31 Å². The van der Waals surface area contributed by atoms with Crippen LogP contribution in [-0.4, -0.2) is 31.9 Å². The summed E-state index contributed by atoms with van der Waals surface area (Å²) in [6, 6.07) is 5.85. The zero-order valence-corrected chi connectivity index (χ0v) is 14.1. The van der Waals surface area contributed by atoms with Gasteiger partial charge in [-0.05, 0) is 74.6 Å². The van der Waals surface area contributed by atoms with Gasteiger partial charge in [-0.1, -0.05) is 6.07 Å². The van der Waals surface area contributed by atoms with Crippen LogP contribution in [0.2, 0.25) is 0 Å². The van der Waals surface area contributed by atoms with E-state index in [4.69, 9.17) is 5.73 Å². The molecule has 4 nitrogen and oxygen atoms in total. The standard InChI is InChI=1S/C17H26N2O2S/c1-13(18)14-8-10-19(11-9-14)22(20,21)17-7-6-15-4-2-3-5-16(15)12-17/h6-7,12-14H,2-5,8-11,18H2,1H3. The van der Waals surface area contributed by atoms with Gasteiger partial charge < -0.3 is 5.73 Å². The van der Waals surface area contributed by atoms with Crippen LogP contribution in [0.15, 0.2) is 23.1 Å². The molecule has 1 aliphatic carbocycles. The van der Waals surface area contributed by atoms with Crippen LogP contribution in [0, 0.1) is 5.92 Å². The van der Waals surface area contributed by atoms with Crippen molar-refractivity contribution < 1.29 is 8.42 Å². The number of nitrogens with zero attached hydrogens (tertiary/aromatic N) is 1. The Morgan fingerprint density at radius 2 is 1.77 bits per heavy atom. The van der Waals surface area contributed by atoms with Gasteiger partial charge >= 0.3 is 0 Å². The Labute approximate surface area is 133 Å². The summed E-state index contributed by atoms with van der Waals surface area (Å²) in [5.41, 5.74) is 8.48. The first-order chi connectivity index (χ1) is 10.5. The van der Waals surface area contributed by atoms with E-state index in [1.807, 2.05) is 19.1 Å². The number of hydrogen-bond acceptors (Lipinski definition) is 3. The molecule has 0 bridgehead atoms. The maximum Gasteiger partial charge on any atom is 0.243 e. The minimum atomic E-state index is -3.35. The first kappa shape index (κ1) is 16.0. The Balaban J connectivity index is 1.79. The van der Waals surface area contributed by atoms with E-state index in [1.54, 1.807) is 10.4 Å². The molecule has 22 heavy (non-hydrogen) atoms. The summed E-state index contributed by atoms with van der Waals surface area (Å²) in [4.78, 5) is 0.465. The summed E-state index contributed by atoms with van der Waals surface area (Å²) in [7, 11) is -3.35. The van der Waals surface area contributed by atoms with Crippen LogP contribution >= 0.6 is 0 Å². The normalized spacial score (nSPS) is 22.3. The summed E-state index contributed by atoms with van der Waals surface area (Å²) in [6.07, 6.45) is 6.19.